The standard InChI is InChI=1S/C20H17N3O3/c1-13(24)17-11-18(25)19(26)12-23(17)15-5-2-4-14(10-15)16-6-3-8-22-9-7-21-20(16)22/h2-13,24,26H,1H3. The number of aromatic hydroxyl groups is 1. The lowest BCUT2D eigenvalue weighted by Crippen LogP contribution is -2.13. The van der Waals surface area contributed by atoms with E-state index in [1.54, 1.807) is 17.7 Å². The van der Waals surface area contributed by atoms with Crippen LogP contribution in [-0.4, -0.2) is 24.2 Å². The molecule has 1 unspecified atom stereocenters. The Labute approximate surface area is 149 Å². The molecule has 1 atom stereocenters. The third-order valence-corrected chi connectivity index (χ3v) is 4.34. The normalized spacial score (nSPS) is 12.4. The summed E-state index contributed by atoms with van der Waals surface area (Å²) >= 11 is 0. The minimum atomic E-state index is -0.859. The Morgan fingerprint density at radius 1 is 1.12 bits per heavy atom. The minimum absolute atomic E-state index is 0.366. The van der Waals surface area contributed by atoms with Gasteiger partial charge in [0, 0.05) is 35.9 Å². The Morgan fingerprint density at radius 3 is 2.77 bits per heavy atom. The second-order valence-electron chi connectivity index (χ2n) is 6.12. The lowest BCUT2D eigenvalue weighted by molar-refractivity contribution is 0.191. The molecule has 0 saturated carbocycles. The number of imidazole rings is 1. The molecule has 0 bridgehead atoms. The van der Waals surface area contributed by atoms with Gasteiger partial charge < -0.3 is 19.2 Å². The van der Waals surface area contributed by atoms with Crippen molar-refractivity contribution in [2.24, 2.45) is 0 Å². The Hall–Kier alpha value is -3.38. The zero-order valence-electron chi connectivity index (χ0n) is 14.1. The highest BCUT2D eigenvalue weighted by Crippen LogP contribution is 2.27. The Kier molecular flexibility index (Phi) is 3.82. The lowest BCUT2D eigenvalue weighted by Gasteiger charge is -2.17. The lowest BCUT2D eigenvalue weighted by atomic mass is 10.1. The van der Waals surface area contributed by atoms with Gasteiger partial charge in [0.15, 0.2) is 5.75 Å². The highest BCUT2D eigenvalue weighted by molar-refractivity contribution is 5.78. The predicted molar refractivity (Wildman–Crippen MR) is 98.5 cm³/mol. The van der Waals surface area contributed by atoms with E-state index in [-0.39, 0.29) is 5.75 Å². The fourth-order valence-corrected chi connectivity index (χ4v) is 3.08. The first-order valence-electron chi connectivity index (χ1n) is 8.21. The molecule has 0 radical (unpaired) electrons. The number of fused-ring (bicyclic) bond motifs is 1. The quantitative estimate of drug-likeness (QED) is 0.597. The van der Waals surface area contributed by atoms with Crippen molar-refractivity contribution in [3.8, 4) is 22.6 Å². The first-order chi connectivity index (χ1) is 12.5. The van der Waals surface area contributed by atoms with Crippen LogP contribution in [0.15, 0.2) is 72.0 Å². The molecular formula is C20H17N3O3. The number of aliphatic hydroxyl groups is 1. The SMILES string of the molecule is CC(O)c1cc(=O)c(O)cn1-c1cccc(-c2cccn3ccnc23)c1. The number of rotatable bonds is 3. The number of hydrogen-bond acceptors (Lipinski definition) is 4. The van der Waals surface area contributed by atoms with Gasteiger partial charge in [-0.05, 0) is 36.8 Å². The fraction of sp³-hybridized carbons (Fsp3) is 0.100. The van der Waals surface area contributed by atoms with Crippen LogP contribution in [0.5, 0.6) is 5.75 Å². The largest absolute Gasteiger partial charge is 0.503 e. The molecule has 1 aromatic carbocycles. The summed E-state index contributed by atoms with van der Waals surface area (Å²) in [5.74, 6) is -0.366. The summed E-state index contributed by atoms with van der Waals surface area (Å²) in [4.78, 5) is 16.2. The molecule has 4 aromatic rings. The smallest absolute Gasteiger partial charge is 0.223 e. The van der Waals surface area contributed by atoms with Crippen LogP contribution in [0.4, 0.5) is 0 Å². The zero-order chi connectivity index (χ0) is 18.3. The van der Waals surface area contributed by atoms with Gasteiger partial charge in [-0.3, -0.25) is 4.79 Å². The van der Waals surface area contributed by atoms with Crippen LogP contribution in [0.25, 0.3) is 22.5 Å². The maximum atomic E-state index is 11.7. The van der Waals surface area contributed by atoms with Gasteiger partial charge in [0.1, 0.15) is 5.65 Å². The monoisotopic (exact) mass is 347 g/mol. The van der Waals surface area contributed by atoms with Gasteiger partial charge in [0.05, 0.1) is 18.0 Å². The van der Waals surface area contributed by atoms with E-state index in [1.165, 1.54) is 12.3 Å². The van der Waals surface area contributed by atoms with E-state index in [1.807, 2.05) is 53.2 Å². The molecule has 0 aliphatic heterocycles. The van der Waals surface area contributed by atoms with Crippen molar-refractivity contribution in [2.75, 3.05) is 0 Å². The van der Waals surface area contributed by atoms with E-state index >= 15 is 0 Å². The second kappa shape index (κ2) is 6.16. The third-order valence-electron chi connectivity index (χ3n) is 4.34. The van der Waals surface area contributed by atoms with Gasteiger partial charge in [-0.1, -0.05) is 12.1 Å². The topological polar surface area (TPSA) is 79.8 Å². The molecule has 0 aliphatic rings. The molecule has 3 heterocycles. The first kappa shape index (κ1) is 16.1. The van der Waals surface area contributed by atoms with Crippen LogP contribution in [0, 0.1) is 0 Å². The third kappa shape index (κ3) is 2.66. The Balaban J connectivity index is 1.91. The summed E-state index contributed by atoms with van der Waals surface area (Å²) in [6, 6.07) is 12.8. The van der Waals surface area contributed by atoms with Crippen molar-refractivity contribution < 1.29 is 10.2 Å². The molecule has 6 nitrogen and oxygen atoms in total. The van der Waals surface area contributed by atoms with Crippen molar-refractivity contribution in [1.29, 1.82) is 0 Å². The molecule has 0 fully saturated rings. The van der Waals surface area contributed by atoms with Crippen molar-refractivity contribution in [1.82, 2.24) is 14.0 Å². The number of aromatic nitrogens is 3. The molecule has 130 valence electrons. The number of aliphatic hydroxyl groups excluding tert-OH is 1. The highest BCUT2D eigenvalue weighted by atomic mass is 16.3. The summed E-state index contributed by atoms with van der Waals surface area (Å²) in [5.41, 5.74) is 3.35. The molecule has 6 heteroatoms. The van der Waals surface area contributed by atoms with E-state index < -0.39 is 11.5 Å². The minimum Gasteiger partial charge on any atom is -0.503 e. The molecule has 0 amide bonds. The molecular weight excluding hydrogens is 330 g/mol. The highest BCUT2D eigenvalue weighted by Gasteiger charge is 2.13. The summed E-state index contributed by atoms with van der Waals surface area (Å²) in [7, 11) is 0. The molecule has 0 saturated heterocycles. The summed E-state index contributed by atoms with van der Waals surface area (Å²) in [6.45, 7) is 1.58. The van der Waals surface area contributed by atoms with Gasteiger partial charge in [-0.15, -0.1) is 0 Å². The average molecular weight is 347 g/mol. The molecule has 2 N–H and O–H groups in total. The van der Waals surface area contributed by atoms with Crippen LogP contribution in [0.1, 0.15) is 18.7 Å². The van der Waals surface area contributed by atoms with Gasteiger partial charge >= 0.3 is 0 Å². The summed E-state index contributed by atoms with van der Waals surface area (Å²) in [6.07, 6.45) is 6.03. The van der Waals surface area contributed by atoms with Crippen molar-refractivity contribution in [3.63, 3.8) is 0 Å². The van der Waals surface area contributed by atoms with Gasteiger partial charge in [-0.25, -0.2) is 4.98 Å². The van der Waals surface area contributed by atoms with E-state index in [9.17, 15) is 15.0 Å². The maximum Gasteiger partial charge on any atom is 0.223 e. The molecule has 0 aliphatic carbocycles. The number of pyridine rings is 2. The van der Waals surface area contributed by atoms with E-state index in [4.69, 9.17) is 0 Å². The van der Waals surface area contributed by atoms with Crippen LogP contribution in [0.2, 0.25) is 0 Å². The summed E-state index contributed by atoms with van der Waals surface area (Å²) < 4.78 is 3.56. The number of benzene rings is 1. The Bertz CT molecular complexity index is 1160. The number of nitrogens with zero attached hydrogens (tertiary/aromatic N) is 3. The van der Waals surface area contributed by atoms with Gasteiger partial charge in [0.25, 0.3) is 0 Å². The van der Waals surface area contributed by atoms with Crippen LogP contribution in [-0.2, 0) is 0 Å². The van der Waals surface area contributed by atoms with Crippen LogP contribution >= 0.6 is 0 Å². The number of hydrogen-bond donors (Lipinski definition) is 2. The van der Waals surface area contributed by atoms with Crippen molar-refractivity contribution in [3.05, 3.63) is 83.2 Å². The predicted octanol–water partition coefficient (Wildman–Crippen LogP) is 2.91. The molecule has 4 rings (SSSR count). The average Bonchev–Trinajstić information content (AvgIpc) is 3.12. The van der Waals surface area contributed by atoms with Gasteiger partial charge in [0.2, 0.25) is 5.43 Å². The summed E-state index contributed by atoms with van der Waals surface area (Å²) in [5, 5.41) is 19.9. The molecule has 0 spiro atoms. The zero-order valence-corrected chi connectivity index (χ0v) is 14.1. The van der Waals surface area contributed by atoms with Crippen molar-refractivity contribution in [2.45, 2.75) is 13.0 Å². The first-order valence-corrected chi connectivity index (χ1v) is 8.21. The van der Waals surface area contributed by atoms with E-state index in [0.29, 0.717) is 5.69 Å². The van der Waals surface area contributed by atoms with E-state index in [0.717, 1.165) is 22.5 Å². The van der Waals surface area contributed by atoms with Crippen LogP contribution in [0.3, 0.4) is 0 Å². The van der Waals surface area contributed by atoms with E-state index in [2.05, 4.69) is 4.98 Å². The maximum absolute atomic E-state index is 11.7. The van der Waals surface area contributed by atoms with Crippen LogP contribution < -0.4 is 5.43 Å². The second-order valence-corrected chi connectivity index (χ2v) is 6.12. The molecule has 3 aromatic heterocycles. The fourth-order valence-electron chi connectivity index (χ4n) is 3.08. The van der Waals surface area contributed by atoms with Crippen molar-refractivity contribution >= 4 is 5.65 Å². The van der Waals surface area contributed by atoms with Gasteiger partial charge in [-0.2, -0.15) is 0 Å². The Morgan fingerprint density at radius 2 is 1.96 bits per heavy atom. The molecule has 26 heavy (non-hydrogen) atoms.